The summed E-state index contributed by atoms with van der Waals surface area (Å²) in [5.41, 5.74) is -2.39. The van der Waals surface area contributed by atoms with E-state index >= 15 is 0 Å². The zero-order valence-corrected chi connectivity index (χ0v) is 22.8. The van der Waals surface area contributed by atoms with Crippen LogP contribution in [0.15, 0.2) is 53.7 Å². The highest BCUT2D eigenvalue weighted by Crippen LogP contribution is 2.37. The molecule has 1 unspecified atom stereocenters. The number of ether oxygens (including phenoxy) is 1. The van der Waals surface area contributed by atoms with E-state index in [1.54, 1.807) is 24.0 Å². The van der Waals surface area contributed by atoms with E-state index in [2.05, 4.69) is 10.6 Å². The molecule has 1 atom stereocenters. The van der Waals surface area contributed by atoms with E-state index in [1.165, 1.54) is 12.1 Å². The van der Waals surface area contributed by atoms with Gasteiger partial charge in [0.1, 0.15) is 0 Å². The van der Waals surface area contributed by atoms with Crippen molar-refractivity contribution >= 4 is 34.9 Å². The second-order valence-corrected chi connectivity index (χ2v) is 9.88. The lowest BCUT2D eigenvalue weighted by atomic mass is 9.94. The number of nitrogens with one attached hydrogen (secondary N) is 2. The second kappa shape index (κ2) is 11.9. The number of hydrogen-bond acceptors (Lipinski definition) is 4. The lowest BCUT2D eigenvalue weighted by Crippen LogP contribution is -2.47. The quantitative estimate of drug-likeness (QED) is 0.214. The van der Waals surface area contributed by atoms with Crippen LogP contribution in [0.2, 0.25) is 0 Å². The number of hydrogen-bond donors (Lipinski definition) is 2. The normalized spacial score (nSPS) is 16.2. The molecule has 0 saturated heterocycles. The lowest BCUT2D eigenvalue weighted by molar-refractivity contribution is -0.143. The highest BCUT2D eigenvalue weighted by Gasteiger charge is 2.38. The third-order valence-corrected chi connectivity index (χ3v) is 6.37. The van der Waals surface area contributed by atoms with Gasteiger partial charge in [-0.25, -0.2) is 4.79 Å². The molecule has 2 aromatic rings. The Morgan fingerprint density at radius 2 is 1.57 bits per heavy atom. The summed E-state index contributed by atoms with van der Waals surface area (Å²) in [7, 11) is 0. The molecule has 13 heteroatoms. The molecule has 216 valence electrons. The molecule has 0 aliphatic carbocycles. The van der Waals surface area contributed by atoms with Crippen LogP contribution < -0.4 is 10.6 Å². The smallest absolute Gasteiger partial charge is 0.416 e. The molecule has 0 radical (unpaired) electrons. The molecule has 1 aliphatic heterocycles. The van der Waals surface area contributed by atoms with Gasteiger partial charge in [-0.3, -0.25) is 4.79 Å². The van der Waals surface area contributed by atoms with Gasteiger partial charge in [0.05, 0.1) is 29.3 Å². The molecule has 2 aromatic carbocycles. The number of carbonyl (C=O) groups is 2. The van der Waals surface area contributed by atoms with Gasteiger partial charge in [0.15, 0.2) is 5.11 Å². The van der Waals surface area contributed by atoms with Crippen molar-refractivity contribution in [1.82, 2.24) is 10.2 Å². The van der Waals surface area contributed by atoms with Crippen LogP contribution in [0, 0.1) is 5.92 Å². The Labute approximate surface area is 232 Å². The summed E-state index contributed by atoms with van der Waals surface area (Å²) in [6.45, 7) is 8.12. The van der Waals surface area contributed by atoms with Gasteiger partial charge in [-0.05, 0) is 67.9 Å². The average molecular weight is 588 g/mol. The highest BCUT2D eigenvalue weighted by molar-refractivity contribution is 7.80. The number of thiocarbonyl (C=S) groups is 1. The van der Waals surface area contributed by atoms with Crippen LogP contribution in [0.25, 0.3) is 0 Å². The molecule has 0 saturated carbocycles. The molecular formula is C27H27F6N3O3S. The van der Waals surface area contributed by atoms with Crippen molar-refractivity contribution < 1.29 is 40.7 Å². The van der Waals surface area contributed by atoms with Gasteiger partial charge in [0.2, 0.25) is 0 Å². The third-order valence-electron chi connectivity index (χ3n) is 6.03. The van der Waals surface area contributed by atoms with Crippen LogP contribution in [0.3, 0.4) is 0 Å². The molecule has 0 aromatic heterocycles. The second-order valence-electron chi connectivity index (χ2n) is 9.49. The summed E-state index contributed by atoms with van der Waals surface area (Å²) in [4.78, 5) is 27.4. The van der Waals surface area contributed by atoms with Crippen LogP contribution in [-0.4, -0.2) is 35.0 Å². The predicted molar refractivity (Wildman–Crippen MR) is 140 cm³/mol. The third kappa shape index (κ3) is 7.12. The molecule has 0 spiro atoms. The van der Waals surface area contributed by atoms with Gasteiger partial charge in [-0.15, -0.1) is 0 Å². The Bertz CT molecular complexity index is 1290. The number of halogens is 6. The summed E-state index contributed by atoms with van der Waals surface area (Å²) >= 11 is 5.45. The Balaban J connectivity index is 1.90. The fraction of sp³-hybridized carbons (Fsp3) is 0.370. The van der Waals surface area contributed by atoms with Gasteiger partial charge >= 0.3 is 18.3 Å². The Morgan fingerprint density at radius 3 is 2.05 bits per heavy atom. The Morgan fingerprint density at radius 1 is 1.02 bits per heavy atom. The zero-order valence-electron chi connectivity index (χ0n) is 22.0. The number of nitrogens with zero attached hydrogens (tertiary/aromatic N) is 1. The summed E-state index contributed by atoms with van der Waals surface area (Å²) in [5.74, 6) is -1.59. The van der Waals surface area contributed by atoms with E-state index in [-0.39, 0.29) is 24.3 Å². The first kappa shape index (κ1) is 30.9. The van der Waals surface area contributed by atoms with E-state index in [4.69, 9.17) is 17.0 Å². The summed E-state index contributed by atoms with van der Waals surface area (Å²) in [6.07, 6.45) is -10.2. The number of carbonyl (C=O) groups excluding carboxylic acids is 2. The summed E-state index contributed by atoms with van der Waals surface area (Å²) in [6, 6.07) is 5.89. The van der Waals surface area contributed by atoms with E-state index in [0.717, 1.165) is 0 Å². The van der Waals surface area contributed by atoms with Gasteiger partial charge < -0.3 is 20.3 Å². The van der Waals surface area contributed by atoms with Crippen molar-refractivity contribution in [3.8, 4) is 0 Å². The lowest BCUT2D eigenvalue weighted by Gasteiger charge is -2.37. The number of anilines is 1. The first-order chi connectivity index (χ1) is 18.5. The van der Waals surface area contributed by atoms with Crippen LogP contribution in [-0.2, 0) is 21.9 Å². The monoisotopic (exact) mass is 587 g/mol. The van der Waals surface area contributed by atoms with Gasteiger partial charge in [0.25, 0.3) is 5.91 Å². The van der Waals surface area contributed by atoms with Crippen molar-refractivity contribution in [3.63, 3.8) is 0 Å². The van der Waals surface area contributed by atoms with E-state index in [9.17, 15) is 35.9 Å². The number of benzene rings is 2. The standard InChI is InChI=1S/C27H27F6N3O3S/c1-5-36-15(4)21(24(38)39-13-14(2)3)22(35-25(36)40)16-6-8-20(9-7-16)34-23(37)17-10-18(26(28,29)30)12-19(11-17)27(31,32)33/h6-12,14,22H,5,13H2,1-4H3,(H,34,37)(H,35,40). The Hall–Kier alpha value is -3.61. The minimum Gasteiger partial charge on any atom is -0.462 e. The molecule has 1 amide bonds. The van der Waals surface area contributed by atoms with Crippen LogP contribution in [0.4, 0.5) is 32.0 Å². The van der Waals surface area contributed by atoms with Crippen molar-refractivity contribution in [1.29, 1.82) is 0 Å². The van der Waals surface area contributed by atoms with Gasteiger partial charge in [0, 0.05) is 23.5 Å². The minimum atomic E-state index is -5.08. The molecule has 40 heavy (non-hydrogen) atoms. The van der Waals surface area contributed by atoms with E-state index in [0.29, 0.717) is 40.6 Å². The molecule has 1 heterocycles. The van der Waals surface area contributed by atoms with E-state index in [1.807, 2.05) is 20.8 Å². The molecule has 6 nitrogen and oxygen atoms in total. The van der Waals surface area contributed by atoms with Crippen LogP contribution >= 0.6 is 12.2 Å². The van der Waals surface area contributed by atoms with Crippen LogP contribution in [0.5, 0.6) is 0 Å². The van der Waals surface area contributed by atoms with Gasteiger partial charge in [-0.2, -0.15) is 26.3 Å². The molecule has 1 aliphatic rings. The Kier molecular flexibility index (Phi) is 9.17. The zero-order chi connectivity index (χ0) is 30.0. The number of rotatable bonds is 7. The topological polar surface area (TPSA) is 70.7 Å². The minimum absolute atomic E-state index is 0.0495. The number of esters is 1. The first-order valence-electron chi connectivity index (χ1n) is 12.2. The highest BCUT2D eigenvalue weighted by atomic mass is 32.1. The maximum atomic E-state index is 13.2. The van der Waals surface area contributed by atoms with Gasteiger partial charge in [-0.1, -0.05) is 26.0 Å². The van der Waals surface area contributed by atoms with Crippen LogP contribution in [0.1, 0.15) is 60.8 Å². The van der Waals surface area contributed by atoms with Crippen molar-refractivity contribution in [2.45, 2.75) is 46.1 Å². The van der Waals surface area contributed by atoms with E-state index < -0.39 is 47.0 Å². The summed E-state index contributed by atoms with van der Waals surface area (Å²) in [5, 5.41) is 5.80. The summed E-state index contributed by atoms with van der Waals surface area (Å²) < 4.78 is 84.5. The largest absolute Gasteiger partial charge is 0.462 e. The first-order valence-corrected chi connectivity index (χ1v) is 12.6. The number of allylic oxidation sites excluding steroid dienone is 1. The number of amides is 1. The fourth-order valence-corrected chi connectivity index (χ4v) is 4.43. The predicted octanol–water partition coefficient (Wildman–Crippen LogP) is 6.70. The molecular weight excluding hydrogens is 560 g/mol. The van der Waals surface area contributed by atoms with Crippen molar-refractivity contribution in [3.05, 3.63) is 76.0 Å². The SMILES string of the molecule is CCN1C(=S)NC(c2ccc(NC(=O)c3cc(C(F)(F)F)cc(C(F)(F)F)c3)cc2)C(C(=O)OCC(C)C)=C1C. The average Bonchev–Trinajstić information content (AvgIpc) is 2.86. The molecule has 2 N–H and O–H groups in total. The fourth-order valence-electron chi connectivity index (χ4n) is 4.04. The molecule has 0 bridgehead atoms. The van der Waals surface area contributed by atoms with Crippen molar-refractivity contribution in [2.75, 3.05) is 18.5 Å². The maximum Gasteiger partial charge on any atom is 0.416 e. The van der Waals surface area contributed by atoms with Crippen molar-refractivity contribution in [2.24, 2.45) is 5.92 Å². The molecule has 3 rings (SSSR count). The maximum absolute atomic E-state index is 13.2. The number of alkyl halides is 6. The molecule has 0 fully saturated rings.